The van der Waals surface area contributed by atoms with Crippen LogP contribution in [0.25, 0.3) is 0 Å². The number of guanidine groups is 1. The molecule has 0 atom stereocenters. The number of nitrogens with one attached hydrogen (secondary N) is 2. The molecule has 1 amide bonds. The number of likely N-dealkylation sites (tertiary alicyclic amines) is 1. The summed E-state index contributed by atoms with van der Waals surface area (Å²) in [6, 6.07) is 4.01. The Morgan fingerprint density at radius 2 is 2.04 bits per heavy atom. The normalized spacial score (nSPS) is 18.9. The zero-order valence-electron chi connectivity index (χ0n) is 17.1. The Kier molecular flexibility index (Phi) is 7.51. The van der Waals surface area contributed by atoms with E-state index in [-0.39, 0.29) is 5.91 Å². The van der Waals surface area contributed by atoms with Crippen LogP contribution in [0.5, 0.6) is 5.88 Å². The average Bonchev–Trinajstić information content (AvgIpc) is 3.23. The molecule has 154 valence electrons. The third kappa shape index (κ3) is 5.59. The van der Waals surface area contributed by atoms with Crippen LogP contribution >= 0.6 is 0 Å². The zero-order valence-corrected chi connectivity index (χ0v) is 17.1. The lowest BCUT2D eigenvalue weighted by Crippen LogP contribution is -2.45. The first-order chi connectivity index (χ1) is 13.7. The van der Waals surface area contributed by atoms with E-state index in [0.717, 1.165) is 56.2 Å². The van der Waals surface area contributed by atoms with E-state index in [0.29, 0.717) is 25.0 Å². The second-order valence-corrected chi connectivity index (χ2v) is 7.70. The second kappa shape index (κ2) is 10.3. The van der Waals surface area contributed by atoms with Crippen molar-refractivity contribution in [3.05, 3.63) is 23.9 Å². The molecule has 1 aromatic heterocycles. The summed E-state index contributed by atoms with van der Waals surface area (Å²) in [5.74, 6) is 2.22. The van der Waals surface area contributed by atoms with Gasteiger partial charge >= 0.3 is 0 Å². The van der Waals surface area contributed by atoms with E-state index in [2.05, 4.69) is 31.6 Å². The van der Waals surface area contributed by atoms with Gasteiger partial charge in [0.2, 0.25) is 11.8 Å². The molecule has 0 spiro atoms. The summed E-state index contributed by atoms with van der Waals surface area (Å²) in [7, 11) is 3.52. The number of aliphatic imine (C=N–C) groups is 1. The minimum Gasteiger partial charge on any atom is -0.474 e. The molecule has 2 aliphatic rings. The molecule has 1 saturated heterocycles. The summed E-state index contributed by atoms with van der Waals surface area (Å²) in [6.45, 7) is 2.47. The first-order valence-electron chi connectivity index (χ1n) is 10.5. The fourth-order valence-corrected chi connectivity index (χ4v) is 4.05. The fraction of sp³-hybridized carbons (Fsp3) is 0.667. The van der Waals surface area contributed by atoms with Crippen LogP contribution in [0.1, 0.15) is 50.5 Å². The van der Waals surface area contributed by atoms with E-state index in [1.807, 2.05) is 13.1 Å². The van der Waals surface area contributed by atoms with Crippen molar-refractivity contribution in [1.82, 2.24) is 20.5 Å². The van der Waals surface area contributed by atoms with Crippen molar-refractivity contribution in [3.63, 3.8) is 0 Å². The highest BCUT2D eigenvalue weighted by Gasteiger charge is 2.23. The number of ether oxygens (including phenoxy) is 1. The predicted molar refractivity (Wildman–Crippen MR) is 110 cm³/mol. The van der Waals surface area contributed by atoms with Crippen LogP contribution < -0.4 is 15.4 Å². The maximum atomic E-state index is 11.6. The average molecular weight is 388 g/mol. The van der Waals surface area contributed by atoms with Crippen LogP contribution in [0, 0.1) is 5.92 Å². The first kappa shape index (κ1) is 20.4. The maximum absolute atomic E-state index is 11.6. The van der Waals surface area contributed by atoms with E-state index < -0.39 is 0 Å². The minimum absolute atomic E-state index is 0.132. The number of amides is 1. The quantitative estimate of drug-likeness (QED) is 0.579. The number of carbonyl (C=O) groups is 1. The largest absolute Gasteiger partial charge is 0.474 e. The molecular formula is C21H33N5O2. The van der Waals surface area contributed by atoms with Gasteiger partial charge in [-0.1, -0.05) is 6.07 Å². The monoisotopic (exact) mass is 387 g/mol. The highest BCUT2D eigenvalue weighted by atomic mass is 16.5. The van der Waals surface area contributed by atoms with Gasteiger partial charge in [-0.05, 0) is 50.5 Å². The van der Waals surface area contributed by atoms with Gasteiger partial charge in [0, 0.05) is 51.9 Å². The van der Waals surface area contributed by atoms with Crippen LogP contribution in [-0.4, -0.2) is 55.0 Å². The summed E-state index contributed by atoms with van der Waals surface area (Å²) >= 11 is 0. The van der Waals surface area contributed by atoms with Crippen LogP contribution in [0.3, 0.4) is 0 Å². The number of nitrogens with zero attached hydrogens (tertiary/aromatic N) is 3. The van der Waals surface area contributed by atoms with Gasteiger partial charge in [0.15, 0.2) is 5.96 Å². The number of hydrogen-bond donors (Lipinski definition) is 2. The van der Waals surface area contributed by atoms with Gasteiger partial charge in [-0.25, -0.2) is 4.98 Å². The van der Waals surface area contributed by atoms with Gasteiger partial charge in [0.1, 0.15) is 6.10 Å². The highest BCUT2D eigenvalue weighted by molar-refractivity contribution is 5.80. The van der Waals surface area contributed by atoms with Crippen molar-refractivity contribution in [2.45, 2.75) is 57.6 Å². The van der Waals surface area contributed by atoms with Crippen molar-refractivity contribution < 1.29 is 9.53 Å². The van der Waals surface area contributed by atoms with Gasteiger partial charge < -0.3 is 20.3 Å². The van der Waals surface area contributed by atoms with E-state index in [1.54, 1.807) is 13.2 Å². The third-order valence-corrected chi connectivity index (χ3v) is 5.75. The summed E-state index contributed by atoms with van der Waals surface area (Å²) in [6.07, 6.45) is 9.46. The third-order valence-electron chi connectivity index (χ3n) is 5.75. The molecule has 1 saturated carbocycles. The van der Waals surface area contributed by atoms with E-state index in [4.69, 9.17) is 4.74 Å². The summed E-state index contributed by atoms with van der Waals surface area (Å²) in [5, 5.41) is 6.18. The lowest BCUT2D eigenvalue weighted by atomic mass is 9.93. The van der Waals surface area contributed by atoms with E-state index in [1.165, 1.54) is 12.8 Å². The summed E-state index contributed by atoms with van der Waals surface area (Å²) < 4.78 is 6.14. The van der Waals surface area contributed by atoms with Crippen LogP contribution in [0.15, 0.2) is 23.3 Å². The fourth-order valence-electron chi connectivity index (χ4n) is 4.05. The van der Waals surface area contributed by atoms with Crippen LogP contribution in [-0.2, 0) is 11.3 Å². The molecule has 0 aromatic carbocycles. The van der Waals surface area contributed by atoms with Gasteiger partial charge in [-0.15, -0.1) is 0 Å². The van der Waals surface area contributed by atoms with Gasteiger partial charge in [0.05, 0.1) is 0 Å². The second-order valence-electron chi connectivity index (χ2n) is 7.70. The predicted octanol–water partition coefficient (Wildman–Crippen LogP) is 2.33. The van der Waals surface area contributed by atoms with Gasteiger partial charge in [-0.2, -0.15) is 0 Å². The maximum Gasteiger partial charge on any atom is 0.220 e. The van der Waals surface area contributed by atoms with Crippen molar-refractivity contribution >= 4 is 11.9 Å². The molecule has 0 radical (unpaired) electrons. The number of carbonyl (C=O) groups excluding carboxylic acids is 1. The van der Waals surface area contributed by atoms with Gasteiger partial charge in [0.25, 0.3) is 0 Å². The molecule has 2 heterocycles. The number of piperidine rings is 1. The Morgan fingerprint density at radius 1 is 1.29 bits per heavy atom. The zero-order chi connectivity index (χ0) is 19.8. The Bertz CT molecular complexity index is 665. The number of hydrogen-bond acceptors (Lipinski definition) is 4. The molecule has 3 rings (SSSR count). The molecule has 0 unspecified atom stereocenters. The Balaban J connectivity index is 1.51. The molecule has 7 heteroatoms. The van der Waals surface area contributed by atoms with E-state index >= 15 is 0 Å². The van der Waals surface area contributed by atoms with Crippen molar-refractivity contribution in [2.24, 2.45) is 10.9 Å². The lowest BCUT2D eigenvalue weighted by molar-refractivity contribution is -0.121. The molecule has 1 aromatic rings. The molecule has 0 bridgehead atoms. The lowest BCUT2D eigenvalue weighted by Gasteiger charge is -2.34. The van der Waals surface area contributed by atoms with E-state index in [9.17, 15) is 4.79 Å². The van der Waals surface area contributed by atoms with Crippen molar-refractivity contribution in [1.29, 1.82) is 0 Å². The SMILES string of the molecule is CN=C(NCc1cccnc1OC1CCCC1)N1CCC(CC(=O)NC)CC1. The number of pyridine rings is 1. The molecule has 28 heavy (non-hydrogen) atoms. The Labute approximate surface area is 168 Å². The van der Waals surface area contributed by atoms with Gasteiger partial charge in [-0.3, -0.25) is 9.79 Å². The Hall–Kier alpha value is -2.31. The van der Waals surface area contributed by atoms with Crippen LogP contribution in [0.2, 0.25) is 0 Å². The van der Waals surface area contributed by atoms with Crippen LogP contribution in [0.4, 0.5) is 0 Å². The molecular weight excluding hydrogens is 354 g/mol. The van der Waals surface area contributed by atoms with Crippen molar-refractivity contribution in [3.8, 4) is 5.88 Å². The standard InChI is InChI=1S/C21H33N5O2/c1-22-19(27)14-16-9-12-26(13-10-16)21(23-2)25-15-17-6-5-11-24-20(17)28-18-7-3-4-8-18/h5-6,11,16,18H,3-4,7-10,12-15H2,1-2H3,(H,22,27)(H,23,25). The molecule has 7 nitrogen and oxygen atoms in total. The highest BCUT2D eigenvalue weighted by Crippen LogP contribution is 2.25. The Morgan fingerprint density at radius 3 is 2.71 bits per heavy atom. The smallest absolute Gasteiger partial charge is 0.220 e. The first-order valence-corrected chi connectivity index (χ1v) is 10.5. The molecule has 2 N–H and O–H groups in total. The molecule has 2 fully saturated rings. The molecule has 1 aliphatic carbocycles. The summed E-state index contributed by atoms with van der Waals surface area (Å²) in [5.41, 5.74) is 1.06. The molecule has 1 aliphatic heterocycles. The topological polar surface area (TPSA) is 78.9 Å². The summed E-state index contributed by atoms with van der Waals surface area (Å²) in [4.78, 5) is 22.8. The number of rotatable bonds is 6. The minimum atomic E-state index is 0.132. The van der Waals surface area contributed by atoms with Crippen molar-refractivity contribution in [2.75, 3.05) is 27.2 Å². The number of aromatic nitrogens is 1.